The number of nitrogens with zero attached hydrogens (tertiary/aromatic N) is 3. The highest BCUT2D eigenvalue weighted by atomic mass is 16.5. The Morgan fingerprint density at radius 1 is 1.33 bits per heavy atom. The monoisotopic (exact) mass is 252 g/mol. The summed E-state index contributed by atoms with van der Waals surface area (Å²) in [6.45, 7) is 6.59. The predicted octanol–water partition coefficient (Wildman–Crippen LogP) is 1.94. The third-order valence-electron chi connectivity index (χ3n) is 2.61. The molecule has 0 unspecified atom stereocenters. The zero-order valence-electron chi connectivity index (χ0n) is 11.9. The van der Waals surface area contributed by atoms with Crippen LogP contribution in [0.15, 0.2) is 6.07 Å². The van der Waals surface area contributed by atoms with E-state index in [1.165, 1.54) is 0 Å². The summed E-state index contributed by atoms with van der Waals surface area (Å²) in [7, 11) is 3.73. The molecule has 0 saturated heterocycles. The van der Waals surface area contributed by atoms with E-state index in [2.05, 4.69) is 34.0 Å². The first-order valence-electron chi connectivity index (χ1n) is 6.53. The van der Waals surface area contributed by atoms with E-state index >= 15 is 0 Å². The van der Waals surface area contributed by atoms with Crippen molar-refractivity contribution in [2.45, 2.75) is 26.7 Å². The second kappa shape index (κ2) is 7.87. The summed E-state index contributed by atoms with van der Waals surface area (Å²) in [6.07, 6.45) is 1.96. The van der Waals surface area contributed by atoms with E-state index in [1.54, 1.807) is 7.11 Å². The van der Waals surface area contributed by atoms with Crippen LogP contribution in [0, 0.1) is 0 Å². The van der Waals surface area contributed by atoms with Crippen molar-refractivity contribution in [2.24, 2.45) is 0 Å². The van der Waals surface area contributed by atoms with E-state index in [-0.39, 0.29) is 0 Å². The fourth-order valence-electron chi connectivity index (χ4n) is 1.63. The second-order valence-electron chi connectivity index (χ2n) is 4.22. The van der Waals surface area contributed by atoms with E-state index in [1.807, 2.05) is 13.1 Å². The van der Waals surface area contributed by atoms with Crippen molar-refractivity contribution >= 4 is 11.6 Å². The fourth-order valence-corrected chi connectivity index (χ4v) is 1.63. The van der Waals surface area contributed by atoms with Gasteiger partial charge in [0, 0.05) is 39.7 Å². The minimum absolute atomic E-state index is 0.695. The molecule has 5 nitrogen and oxygen atoms in total. The van der Waals surface area contributed by atoms with Crippen LogP contribution in [0.2, 0.25) is 0 Å². The molecule has 1 rings (SSSR count). The lowest BCUT2D eigenvalue weighted by Crippen LogP contribution is -2.24. The number of methoxy groups -OCH3 is 1. The Kier molecular flexibility index (Phi) is 6.43. The normalized spacial score (nSPS) is 10.4. The molecule has 0 atom stereocenters. The first kappa shape index (κ1) is 14.7. The van der Waals surface area contributed by atoms with Gasteiger partial charge in [0.1, 0.15) is 17.5 Å². The molecule has 1 aromatic heterocycles. The maximum Gasteiger partial charge on any atom is 0.134 e. The summed E-state index contributed by atoms with van der Waals surface area (Å²) < 4.78 is 5.09. The van der Waals surface area contributed by atoms with E-state index in [0.717, 1.165) is 43.4 Å². The molecule has 0 radical (unpaired) electrons. The molecule has 5 heteroatoms. The number of hydrogen-bond donors (Lipinski definition) is 1. The molecule has 18 heavy (non-hydrogen) atoms. The van der Waals surface area contributed by atoms with Crippen molar-refractivity contribution in [1.29, 1.82) is 0 Å². The molecule has 1 heterocycles. The van der Waals surface area contributed by atoms with Crippen LogP contribution < -0.4 is 10.2 Å². The SMILES string of the molecule is CCCc1nc(NCC)cc(N(C)CCOC)n1. The van der Waals surface area contributed by atoms with Gasteiger partial charge < -0.3 is 15.0 Å². The number of aromatic nitrogens is 2. The van der Waals surface area contributed by atoms with Crippen LogP contribution in [0.3, 0.4) is 0 Å². The van der Waals surface area contributed by atoms with Gasteiger partial charge >= 0.3 is 0 Å². The van der Waals surface area contributed by atoms with E-state index < -0.39 is 0 Å². The standard InChI is InChI=1S/C13H24N4O/c1-5-7-11-15-12(14-6-2)10-13(16-11)17(3)8-9-18-4/h10H,5-9H2,1-4H3,(H,14,15,16). The lowest BCUT2D eigenvalue weighted by atomic mass is 10.3. The smallest absolute Gasteiger partial charge is 0.134 e. The highest BCUT2D eigenvalue weighted by molar-refractivity contribution is 5.49. The Hall–Kier alpha value is -1.36. The lowest BCUT2D eigenvalue weighted by Gasteiger charge is -2.19. The number of likely N-dealkylation sites (N-methyl/N-ethyl adjacent to an activating group) is 1. The zero-order chi connectivity index (χ0) is 13.4. The lowest BCUT2D eigenvalue weighted by molar-refractivity contribution is 0.206. The summed E-state index contributed by atoms with van der Waals surface area (Å²) >= 11 is 0. The third-order valence-corrected chi connectivity index (χ3v) is 2.61. The van der Waals surface area contributed by atoms with Gasteiger partial charge in [-0.1, -0.05) is 6.92 Å². The van der Waals surface area contributed by atoms with Crippen LogP contribution in [-0.4, -0.2) is 43.8 Å². The van der Waals surface area contributed by atoms with Gasteiger partial charge in [-0.05, 0) is 13.3 Å². The number of anilines is 2. The van der Waals surface area contributed by atoms with Crippen LogP contribution >= 0.6 is 0 Å². The van der Waals surface area contributed by atoms with Crippen molar-refractivity contribution in [3.63, 3.8) is 0 Å². The van der Waals surface area contributed by atoms with Gasteiger partial charge in [-0.3, -0.25) is 0 Å². The number of hydrogen-bond acceptors (Lipinski definition) is 5. The molecule has 0 saturated carbocycles. The first-order valence-corrected chi connectivity index (χ1v) is 6.53. The molecular formula is C13H24N4O. The summed E-state index contributed by atoms with van der Waals surface area (Å²) in [6, 6.07) is 1.98. The molecule has 0 aliphatic carbocycles. The third kappa shape index (κ3) is 4.49. The topological polar surface area (TPSA) is 50.3 Å². The van der Waals surface area contributed by atoms with Crippen LogP contribution in [0.5, 0.6) is 0 Å². The average molecular weight is 252 g/mol. The fraction of sp³-hybridized carbons (Fsp3) is 0.692. The Balaban J connectivity index is 2.87. The molecule has 0 amide bonds. The minimum atomic E-state index is 0.695. The van der Waals surface area contributed by atoms with Gasteiger partial charge in [-0.2, -0.15) is 0 Å². The number of nitrogens with one attached hydrogen (secondary N) is 1. The average Bonchev–Trinajstić information content (AvgIpc) is 2.36. The zero-order valence-corrected chi connectivity index (χ0v) is 11.9. The summed E-state index contributed by atoms with van der Waals surface area (Å²) in [5.41, 5.74) is 0. The van der Waals surface area contributed by atoms with Gasteiger partial charge in [0.25, 0.3) is 0 Å². The van der Waals surface area contributed by atoms with Crippen LogP contribution in [-0.2, 0) is 11.2 Å². The highest BCUT2D eigenvalue weighted by Gasteiger charge is 2.07. The van der Waals surface area contributed by atoms with Crippen molar-refractivity contribution in [3.8, 4) is 0 Å². The molecule has 0 aliphatic rings. The molecular weight excluding hydrogens is 228 g/mol. The number of rotatable bonds is 8. The first-order chi connectivity index (χ1) is 8.71. The summed E-state index contributed by atoms with van der Waals surface area (Å²) in [5, 5.41) is 3.25. The van der Waals surface area contributed by atoms with Crippen molar-refractivity contribution in [3.05, 3.63) is 11.9 Å². The van der Waals surface area contributed by atoms with E-state index in [0.29, 0.717) is 6.61 Å². The molecule has 1 aromatic rings. The minimum Gasteiger partial charge on any atom is -0.383 e. The summed E-state index contributed by atoms with van der Waals surface area (Å²) in [5.74, 6) is 2.74. The molecule has 0 bridgehead atoms. The molecule has 0 aliphatic heterocycles. The van der Waals surface area contributed by atoms with Crippen molar-refractivity contribution < 1.29 is 4.74 Å². The molecule has 0 fully saturated rings. The maximum absolute atomic E-state index is 5.09. The van der Waals surface area contributed by atoms with Gasteiger partial charge in [0.05, 0.1) is 6.61 Å². The Morgan fingerprint density at radius 3 is 2.72 bits per heavy atom. The largest absolute Gasteiger partial charge is 0.383 e. The van der Waals surface area contributed by atoms with Gasteiger partial charge in [0.15, 0.2) is 0 Å². The molecule has 0 aromatic carbocycles. The second-order valence-corrected chi connectivity index (χ2v) is 4.22. The summed E-state index contributed by atoms with van der Waals surface area (Å²) in [4.78, 5) is 11.2. The van der Waals surface area contributed by atoms with Crippen molar-refractivity contribution in [1.82, 2.24) is 9.97 Å². The molecule has 1 N–H and O–H groups in total. The quantitative estimate of drug-likeness (QED) is 0.766. The van der Waals surface area contributed by atoms with Crippen molar-refractivity contribution in [2.75, 3.05) is 44.1 Å². The maximum atomic E-state index is 5.09. The van der Waals surface area contributed by atoms with E-state index in [9.17, 15) is 0 Å². The predicted molar refractivity (Wildman–Crippen MR) is 75.3 cm³/mol. The van der Waals surface area contributed by atoms with Crippen LogP contribution in [0.25, 0.3) is 0 Å². The highest BCUT2D eigenvalue weighted by Crippen LogP contribution is 2.15. The Bertz CT molecular complexity index is 333. The van der Waals surface area contributed by atoms with Crippen LogP contribution in [0.1, 0.15) is 26.1 Å². The van der Waals surface area contributed by atoms with Gasteiger partial charge in [-0.15, -0.1) is 0 Å². The number of aryl methyl sites for hydroxylation is 1. The molecule has 102 valence electrons. The Labute approximate surface area is 110 Å². The molecule has 0 spiro atoms. The van der Waals surface area contributed by atoms with Crippen LogP contribution in [0.4, 0.5) is 11.6 Å². The Morgan fingerprint density at radius 2 is 2.11 bits per heavy atom. The van der Waals surface area contributed by atoms with Gasteiger partial charge in [-0.25, -0.2) is 9.97 Å². The number of ether oxygens (including phenoxy) is 1. The van der Waals surface area contributed by atoms with Gasteiger partial charge in [0.2, 0.25) is 0 Å². The van der Waals surface area contributed by atoms with E-state index in [4.69, 9.17) is 4.74 Å².